The van der Waals surface area contributed by atoms with Gasteiger partial charge in [0.25, 0.3) is 0 Å². The minimum absolute atomic E-state index is 0.306. The predicted octanol–water partition coefficient (Wildman–Crippen LogP) is 10.4. The van der Waals surface area contributed by atoms with Crippen molar-refractivity contribution in [2.24, 2.45) is 0 Å². The van der Waals surface area contributed by atoms with Crippen LogP contribution in [0.3, 0.4) is 0 Å². The summed E-state index contributed by atoms with van der Waals surface area (Å²) in [6.45, 7) is 2.26. The van der Waals surface area contributed by atoms with Crippen LogP contribution in [0.15, 0.2) is 127 Å². The molecule has 0 aliphatic heterocycles. The molecule has 1 heteroatoms. The summed E-state index contributed by atoms with van der Waals surface area (Å²) < 4.78 is 2.70. The number of fused-ring (bicyclic) bond motifs is 13. The van der Waals surface area contributed by atoms with E-state index in [1.807, 2.05) is 11.3 Å². The largest absolute Gasteiger partial charge is 0.135 e. The molecule has 0 bridgehead atoms. The number of aryl methyl sites for hydroxylation is 1. The predicted molar refractivity (Wildman–Crippen MR) is 166 cm³/mol. The van der Waals surface area contributed by atoms with E-state index in [4.69, 9.17) is 0 Å². The van der Waals surface area contributed by atoms with Gasteiger partial charge in [0.15, 0.2) is 0 Å². The average Bonchev–Trinajstić information content (AvgIpc) is 3.61. The Hall–Kier alpha value is -4.46. The van der Waals surface area contributed by atoms with Crippen molar-refractivity contribution < 1.29 is 0 Å². The van der Waals surface area contributed by atoms with Gasteiger partial charge in [0.2, 0.25) is 0 Å². The second-order valence-electron chi connectivity index (χ2n) is 10.9. The van der Waals surface area contributed by atoms with E-state index in [1.165, 1.54) is 81.4 Å². The zero-order valence-electron chi connectivity index (χ0n) is 21.5. The van der Waals surface area contributed by atoms with Crippen molar-refractivity contribution in [1.82, 2.24) is 0 Å². The first-order valence-corrected chi connectivity index (χ1v) is 14.4. The number of hydrogen-bond acceptors (Lipinski definition) is 1. The molecule has 0 atom stereocenters. The van der Waals surface area contributed by atoms with E-state index in [-0.39, 0.29) is 5.41 Å². The van der Waals surface area contributed by atoms with Gasteiger partial charge >= 0.3 is 0 Å². The summed E-state index contributed by atoms with van der Waals surface area (Å²) >= 11 is 1.88. The van der Waals surface area contributed by atoms with Crippen LogP contribution in [0.25, 0.3) is 53.6 Å². The maximum atomic E-state index is 2.49. The van der Waals surface area contributed by atoms with Crippen molar-refractivity contribution in [3.05, 3.63) is 155 Å². The molecule has 1 heterocycles. The topological polar surface area (TPSA) is 0 Å². The maximum Gasteiger partial charge on any atom is 0.0725 e. The third-order valence-electron chi connectivity index (χ3n) is 9.03. The van der Waals surface area contributed by atoms with Crippen LogP contribution in [0.5, 0.6) is 0 Å². The average molecular weight is 513 g/mol. The number of hydrogen-bond donors (Lipinski definition) is 0. The summed E-state index contributed by atoms with van der Waals surface area (Å²) in [6, 6.07) is 47.9. The highest BCUT2D eigenvalue weighted by atomic mass is 32.1. The molecule has 2 aliphatic rings. The Morgan fingerprint density at radius 1 is 0.462 bits per heavy atom. The first-order chi connectivity index (χ1) is 19.2. The molecule has 9 rings (SSSR count). The fourth-order valence-electron chi connectivity index (χ4n) is 7.46. The van der Waals surface area contributed by atoms with E-state index in [0.717, 1.165) is 0 Å². The van der Waals surface area contributed by atoms with Gasteiger partial charge in [0, 0.05) is 20.2 Å². The van der Waals surface area contributed by atoms with Crippen LogP contribution in [0, 0.1) is 6.92 Å². The maximum absolute atomic E-state index is 2.49. The number of thiophene rings is 1. The molecular weight excluding hydrogens is 488 g/mol. The van der Waals surface area contributed by atoms with Gasteiger partial charge in [0.1, 0.15) is 0 Å². The fourth-order valence-corrected chi connectivity index (χ4v) is 8.54. The highest BCUT2D eigenvalue weighted by Gasteiger charge is 2.51. The van der Waals surface area contributed by atoms with E-state index in [0.29, 0.717) is 0 Å². The molecule has 0 saturated heterocycles. The smallest absolute Gasteiger partial charge is 0.0725 e. The SMILES string of the molecule is Cc1cccc2c1-c1ccc(-c3ccc4sc5ccccc5c4c3)cc1C21c2ccccc2-c2ccccc21. The van der Waals surface area contributed by atoms with Crippen LogP contribution < -0.4 is 0 Å². The van der Waals surface area contributed by atoms with Crippen molar-refractivity contribution >= 4 is 31.5 Å². The molecule has 182 valence electrons. The van der Waals surface area contributed by atoms with E-state index in [9.17, 15) is 0 Å². The van der Waals surface area contributed by atoms with Crippen molar-refractivity contribution in [2.75, 3.05) is 0 Å². The Morgan fingerprint density at radius 2 is 1.10 bits per heavy atom. The van der Waals surface area contributed by atoms with Crippen molar-refractivity contribution in [2.45, 2.75) is 12.3 Å². The molecule has 0 N–H and O–H groups in total. The van der Waals surface area contributed by atoms with Gasteiger partial charge in [-0.15, -0.1) is 11.3 Å². The lowest BCUT2D eigenvalue weighted by molar-refractivity contribution is 0.793. The number of benzene rings is 6. The van der Waals surface area contributed by atoms with Crippen LogP contribution >= 0.6 is 11.3 Å². The van der Waals surface area contributed by atoms with Crippen LogP contribution in [-0.2, 0) is 5.41 Å². The minimum Gasteiger partial charge on any atom is -0.135 e. The van der Waals surface area contributed by atoms with Crippen LogP contribution in [0.1, 0.15) is 27.8 Å². The minimum atomic E-state index is -0.306. The van der Waals surface area contributed by atoms with Gasteiger partial charge < -0.3 is 0 Å². The molecule has 6 aromatic carbocycles. The first-order valence-electron chi connectivity index (χ1n) is 13.6. The molecule has 39 heavy (non-hydrogen) atoms. The second kappa shape index (κ2) is 7.56. The summed E-state index contributed by atoms with van der Waals surface area (Å²) in [4.78, 5) is 0. The van der Waals surface area contributed by atoms with Crippen LogP contribution in [0.4, 0.5) is 0 Å². The lowest BCUT2D eigenvalue weighted by atomic mass is 9.70. The Bertz CT molecular complexity index is 2100. The lowest BCUT2D eigenvalue weighted by Crippen LogP contribution is -2.25. The quantitative estimate of drug-likeness (QED) is 0.205. The van der Waals surface area contributed by atoms with Gasteiger partial charge in [-0.1, -0.05) is 103 Å². The van der Waals surface area contributed by atoms with Crippen molar-refractivity contribution in [3.63, 3.8) is 0 Å². The van der Waals surface area contributed by atoms with Gasteiger partial charge in [-0.25, -0.2) is 0 Å². The monoisotopic (exact) mass is 512 g/mol. The van der Waals surface area contributed by atoms with Gasteiger partial charge in [-0.2, -0.15) is 0 Å². The Kier molecular flexibility index (Phi) is 4.16. The van der Waals surface area contributed by atoms with Crippen molar-refractivity contribution in [3.8, 4) is 33.4 Å². The summed E-state index contributed by atoms with van der Waals surface area (Å²) in [7, 11) is 0. The Morgan fingerprint density at radius 3 is 1.92 bits per heavy atom. The highest BCUT2D eigenvalue weighted by molar-refractivity contribution is 7.25. The lowest BCUT2D eigenvalue weighted by Gasteiger charge is -2.30. The molecule has 1 spiro atoms. The summed E-state index contributed by atoms with van der Waals surface area (Å²) in [5, 5.41) is 2.69. The fraction of sp³-hybridized carbons (Fsp3) is 0.0526. The molecule has 0 nitrogen and oxygen atoms in total. The third-order valence-corrected chi connectivity index (χ3v) is 10.2. The van der Waals surface area contributed by atoms with Crippen molar-refractivity contribution in [1.29, 1.82) is 0 Å². The van der Waals surface area contributed by atoms with Crippen LogP contribution in [0.2, 0.25) is 0 Å². The van der Waals surface area contributed by atoms with Crippen LogP contribution in [-0.4, -0.2) is 0 Å². The summed E-state index contributed by atoms with van der Waals surface area (Å²) in [6.07, 6.45) is 0. The first kappa shape index (κ1) is 21.5. The third kappa shape index (κ3) is 2.63. The number of rotatable bonds is 1. The molecule has 1 aromatic heterocycles. The van der Waals surface area contributed by atoms with E-state index in [1.54, 1.807) is 0 Å². The molecule has 7 aromatic rings. The van der Waals surface area contributed by atoms with Gasteiger partial charge in [-0.3, -0.25) is 0 Å². The van der Waals surface area contributed by atoms with E-state index in [2.05, 4.69) is 134 Å². The molecular formula is C38H24S. The summed E-state index contributed by atoms with van der Waals surface area (Å²) in [5.74, 6) is 0. The van der Waals surface area contributed by atoms with Gasteiger partial charge in [-0.05, 0) is 92.4 Å². The molecule has 0 unspecified atom stereocenters. The normalized spacial score (nSPS) is 14.0. The molecule has 0 fully saturated rings. The molecule has 0 amide bonds. The second-order valence-corrected chi connectivity index (χ2v) is 12.0. The molecule has 0 radical (unpaired) electrons. The van der Waals surface area contributed by atoms with E-state index >= 15 is 0 Å². The Labute approximate surface area is 231 Å². The zero-order valence-corrected chi connectivity index (χ0v) is 22.3. The van der Waals surface area contributed by atoms with Gasteiger partial charge in [0.05, 0.1) is 5.41 Å². The summed E-state index contributed by atoms with van der Waals surface area (Å²) in [5.41, 5.74) is 14.6. The molecule has 2 aliphatic carbocycles. The van der Waals surface area contributed by atoms with E-state index < -0.39 is 0 Å². The standard InChI is InChI=1S/C38H24S/c1-23-9-8-15-33-37(23)29-19-17-25(24-18-20-36-30(21-24)28-12-4-7-16-35(28)39-36)22-34(29)38(33)31-13-5-2-10-26(31)27-11-3-6-14-32(27)38/h2-22H,1H3. The Balaban J connectivity index is 1.37. The highest BCUT2D eigenvalue weighted by Crippen LogP contribution is 2.63. The molecule has 0 saturated carbocycles. The zero-order chi connectivity index (χ0) is 25.7.